The number of nitrogens with zero attached hydrogens (tertiary/aromatic N) is 2. The van der Waals surface area contributed by atoms with Crippen molar-refractivity contribution in [2.24, 2.45) is 5.92 Å². The van der Waals surface area contributed by atoms with Gasteiger partial charge in [-0.1, -0.05) is 12.1 Å². The highest BCUT2D eigenvalue weighted by Gasteiger charge is 2.26. The maximum absolute atomic E-state index is 12.4. The third-order valence-corrected chi connectivity index (χ3v) is 4.72. The predicted molar refractivity (Wildman–Crippen MR) is 98.7 cm³/mol. The number of benzene rings is 1. The van der Waals surface area contributed by atoms with Crippen LogP contribution in [0.25, 0.3) is 0 Å². The summed E-state index contributed by atoms with van der Waals surface area (Å²) in [6.07, 6.45) is 3.22. The summed E-state index contributed by atoms with van der Waals surface area (Å²) in [6.45, 7) is 3.34. The minimum Gasteiger partial charge on any atom is -0.349 e. The minimum absolute atomic E-state index is 0.0582. The Kier molecular flexibility index (Phi) is 5.71. The van der Waals surface area contributed by atoms with Gasteiger partial charge in [0, 0.05) is 19.1 Å². The van der Waals surface area contributed by atoms with Gasteiger partial charge in [0.25, 0.3) is 5.91 Å². The molecular weight excluding hydrogens is 316 g/mol. The van der Waals surface area contributed by atoms with Crippen molar-refractivity contribution in [3.63, 3.8) is 0 Å². The first-order chi connectivity index (χ1) is 12.0. The van der Waals surface area contributed by atoms with E-state index in [9.17, 15) is 9.59 Å². The zero-order valence-electron chi connectivity index (χ0n) is 15.1. The van der Waals surface area contributed by atoms with Crippen molar-refractivity contribution in [2.45, 2.75) is 25.3 Å². The SMILES string of the molecule is CN(C)C[C@@H]1CCN(CC(=O)Nc2ccccc2C(=O)NC2CC2)C1. The van der Waals surface area contributed by atoms with E-state index in [-0.39, 0.29) is 11.8 Å². The lowest BCUT2D eigenvalue weighted by molar-refractivity contribution is -0.117. The van der Waals surface area contributed by atoms with Crippen LogP contribution in [0.2, 0.25) is 0 Å². The second kappa shape index (κ2) is 7.97. The molecule has 1 aliphatic carbocycles. The van der Waals surface area contributed by atoms with Crippen LogP contribution in [0.4, 0.5) is 5.69 Å². The van der Waals surface area contributed by atoms with Crippen molar-refractivity contribution in [3.8, 4) is 0 Å². The van der Waals surface area contributed by atoms with Gasteiger partial charge < -0.3 is 15.5 Å². The molecule has 2 N–H and O–H groups in total. The molecule has 136 valence electrons. The molecule has 25 heavy (non-hydrogen) atoms. The maximum atomic E-state index is 12.4. The molecule has 0 unspecified atom stereocenters. The second-order valence-corrected chi connectivity index (χ2v) is 7.49. The molecule has 1 aromatic carbocycles. The Morgan fingerprint density at radius 1 is 1.20 bits per heavy atom. The average molecular weight is 344 g/mol. The number of hydrogen-bond acceptors (Lipinski definition) is 4. The molecule has 2 amide bonds. The van der Waals surface area contributed by atoms with Gasteiger partial charge in [-0.3, -0.25) is 14.5 Å². The van der Waals surface area contributed by atoms with Crippen molar-refractivity contribution in [3.05, 3.63) is 29.8 Å². The van der Waals surface area contributed by atoms with E-state index in [1.54, 1.807) is 12.1 Å². The van der Waals surface area contributed by atoms with Gasteiger partial charge in [0.05, 0.1) is 17.8 Å². The summed E-state index contributed by atoms with van der Waals surface area (Å²) in [5.41, 5.74) is 1.13. The minimum atomic E-state index is -0.106. The molecular formula is C19H28N4O2. The van der Waals surface area contributed by atoms with E-state index >= 15 is 0 Å². The van der Waals surface area contributed by atoms with Crippen LogP contribution in [0.15, 0.2) is 24.3 Å². The first-order valence-corrected chi connectivity index (χ1v) is 9.08. The van der Waals surface area contributed by atoms with Gasteiger partial charge in [0.2, 0.25) is 5.91 Å². The van der Waals surface area contributed by atoms with Crippen LogP contribution >= 0.6 is 0 Å². The van der Waals surface area contributed by atoms with Gasteiger partial charge in [-0.2, -0.15) is 0 Å². The third kappa shape index (κ3) is 5.28. The van der Waals surface area contributed by atoms with Gasteiger partial charge in [0.15, 0.2) is 0 Å². The smallest absolute Gasteiger partial charge is 0.253 e. The summed E-state index contributed by atoms with van der Waals surface area (Å²) in [4.78, 5) is 29.1. The lowest BCUT2D eigenvalue weighted by Crippen LogP contribution is -2.33. The maximum Gasteiger partial charge on any atom is 0.253 e. The fourth-order valence-corrected chi connectivity index (χ4v) is 3.40. The number of carbonyl (C=O) groups excluding carboxylic acids is 2. The first kappa shape index (κ1) is 17.9. The largest absolute Gasteiger partial charge is 0.349 e. The lowest BCUT2D eigenvalue weighted by Gasteiger charge is -2.18. The van der Waals surface area contributed by atoms with Crippen molar-refractivity contribution in [2.75, 3.05) is 45.6 Å². The molecule has 1 atom stereocenters. The van der Waals surface area contributed by atoms with Crippen LogP contribution in [0.3, 0.4) is 0 Å². The Morgan fingerprint density at radius 3 is 2.68 bits per heavy atom. The van der Waals surface area contributed by atoms with Crippen LogP contribution in [0, 0.1) is 5.92 Å². The Balaban J connectivity index is 1.53. The van der Waals surface area contributed by atoms with E-state index in [4.69, 9.17) is 0 Å². The van der Waals surface area contributed by atoms with E-state index in [0.717, 1.165) is 38.9 Å². The van der Waals surface area contributed by atoms with E-state index < -0.39 is 0 Å². The summed E-state index contributed by atoms with van der Waals surface area (Å²) < 4.78 is 0. The molecule has 2 aliphatic rings. The normalized spacial score (nSPS) is 20.7. The van der Waals surface area contributed by atoms with E-state index in [1.807, 2.05) is 12.1 Å². The van der Waals surface area contributed by atoms with Crippen LogP contribution < -0.4 is 10.6 Å². The molecule has 0 bridgehead atoms. The molecule has 1 heterocycles. The van der Waals surface area contributed by atoms with Crippen LogP contribution in [0.1, 0.15) is 29.6 Å². The number of anilines is 1. The monoisotopic (exact) mass is 344 g/mol. The average Bonchev–Trinajstić information content (AvgIpc) is 3.26. The summed E-state index contributed by atoms with van der Waals surface area (Å²) in [5.74, 6) is 0.460. The molecule has 2 fully saturated rings. The van der Waals surface area contributed by atoms with Gasteiger partial charge in [-0.05, 0) is 58.0 Å². The zero-order chi connectivity index (χ0) is 17.8. The number of rotatable bonds is 7. The third-order valence-electron chi connectivity index (χ3n) is 4.72. The fourth-order valence-electron chi connectivity index (χ4n) is 3.40. The Labute approximate surface area is 149 Å². The lowest BCUT2D eigenvalue weighted by atomic mass is 10.1. The van der Waals surface area contributed by atoms with E-state index in [0.29, 0.717) is 29.8 Å². The molecule has 0 radical (unpaired) electrons. The highest BCUT2D eigenvalue weighted by Crippen LogP contribution is 2.22. The van der Waals surface area contributed by atoms with E-state index in [1.165, 1.54) is 0 Å². The quantitative estimate of drug-likeness (QED) is 0.785. The topological polar surface area (TPSA) is 64.7 Å². The van der Waals surface area contributed by atoms with Crippen LogP contribution in [0.5, 0.6) is 0 Å². The zero-order valence-corrected chi connectivity index (χ0v) is 15.1. The molecule has 1 aromatic rings. The standard InChI is InChI=1S/C19H28N4O2/c1-22(2)11-14-9-10-23(12-14)13-18(24)21-17-6-4-3-5-16(17)19(25)20-15-7-8-15/h3-6,14-15H,7-13H2,1-2H3,(H,20,25)(H,21,24)/t14-/m0/s1. The van der Waals surface area contributed by atoms with Crippen LogP contribution in [-0.2, 0) is 4.79 Å². The summed E-state index contributed by atoms with van der Waals surface area (Å²) in [7, 11) is 4.16. The van der Waals surface area contributed by atoms with Gasteiger partial charge in [-0.25, -0.2) is 0 Å². The Hall–Kier alpha value is -1.92. The molecule has 0 spiro atoms. The molecule has 1 aliphatic heterocycles. The number of nitrogens with one attached hydrogen (secondary N) is 2. The van der Waals surface area contributed by atoms with Crippen molar-refractivity contribution in [1.29, 1.82) is 0 Å². The Morgan fingerprint density at radius 2 is 1.96 bits per heavy atom. The van der Waals surface area contributed by atoms with Gasteiger partial charge in [-0.15, -0.1) is 0 Å². The molecule has 1 saturated carbocycles. The highest BCUT2D eigenvalue weighted by atomic mass is 16.2. The highest BCUT2D eigenvalue weighted by molar-refractivity contribution is 6.04. The molecule has 0 aromatic heterocycles. The number of hydrogen-bond donors (Lipinski definition) is 2. The molecule has 3 rings (SSSR count). The number of amides is 2. The molecule has 1 saturated heterocycles. The first-order valence-electron chi connectivity index (χ1n) is 9.08. The summed E-state index contributed by atoms with van der Waals surface area (Å²) in [6, 6.07) is 7.51. The van der Waals surface area contributed by atoms with Gasteiger partial charge in [0.1, 0.15) is 0 Å². The fraction of sp³-hybridized carbons (Fsp3) is 0.579. The van der Waals surface area contributed by atoms with Gasteiger partial charge >= 0.3 is 0 Å². The number of likely N-dealkylation sites (tertiary alicyclic amines) is 1. The molecule has 6 heteroatoms. The van der Waals surface area contributed by atoms with E-state index in [2.05, 4.69) is 34.5 Å². The predicted octanol–water partition coefficient (Wildman–Crippen LogP) is 1.40. The van der Waals surface area contributed by atoms with Crippen molar-refractivity contribution < 1.29 is 9.59 Å². The van der Waals surface area contributed by atoms with Crippen molar-refractivity contribution in [1.82, 2.24) is 15.1 Å². The molecule has 6 nitrogen and oxygen atoms in total. The Bertz CT molecular complexity index is 628. The number of carbonyl (C=O) groups is 2. The number of para-hydroxylation sites is 1. The van der Waals surface area contributed by atoms with Crippen molar-refractivity contribution >= 4 is 17.5 Å². The van der Waals surface area contributed by atoms with Crippen LogP contribution in [-0.4, -0.2) is 67.9 Å². The summed E-state index contributed by atoms with van der Waals surface area (Å²) in [5, 5.41) is 5.89. The second-order valence-electron chi connectivity index (χ2n) is 7.49. The summed E-state index contributed by atoms with van der Waals surface area (Å²) >= 11 is 0.